The molecule has 4 aromatic rings. The van der Waals surface area contributed by atoms with Crippen LogP contribution in [0.15, 0.2) is 78.4 Å². The molecule has 3 aromatic carbocycles. The SMILES string of the molecule is N#CC(C#N)=Cc1ccc(OC[C@H](O)Cn2c3ccccc3c3ccccc32)cc1. The molecule has 0 bridgehead atoms. The van der Waals surface area contributed by atoms with Crippen LogP contribution < -0.4 is 4.74 Å². The fraction of sp³-hybridized carbons (Fsp3) is 0.120. The first-order valence-electron chi connectivity index (χ1n) is 9.58. The molecule has 0 aliphatic rings. The van der Waals surface area contributed by atoms with Crippen molar-refractivity contribution < 1.29 is 9.84 Å². The van der Waals surface area contributed by atoms with Crippen LogP contribution in [0.4, 0.5) is 0 Å². The van der Waals surface area contributed by atoms with E-state index in [4.69, 9.17) is 15.3 Å². The predicted molar refractivity (Wildman–Crippen MR) is 117 cm³/mol. The molecule has 1 atom stereocenters. The minimum atomic E-state index is -0.687. The molecule has 146 valence electrons. The van der Waals surface area contributed by atoms with Crippen LogP contribution in [0.2, 0.25) is 0 Å². The molecule has 5 heteroatoms. The highest BCUT2D eigenvalue weighted by Gasteiger charge is 2.13. The summed E-state index contributed by atoms with van der Waals surface area (Å²) in [7, 11) is 0. The van der Waals surface area contributed by atoms with Gasteiger partial charge < -0.3 is 14.4 Å². The van der Waals surface area contributed by atoms with Crippen molar-refractivity contribution in [2.24, 2.45) is 0 Å². The van der Waals surface area contributed by atoms with Gasteiger partial charge in [-0.3, -0.25) is 0 Å². The number of fused-ring (bicyclic) bond motifs is 3. The summed E-state index contributed by atoms with van der Waals surface area (Å²) in [4.78, 5) is 0. The largest absolute Gasteiger partial charge is 0.491 e. The summed E-state index contributed by atoms with van der Waals surface area (Å²) in [6, 6.07) is 27.1. The van der Waals surface area contributed by atoms with E-state index in [1.165, 1.54) is 16.8 Å². The molecule has 0 saturated heterocycles. The molecule has 1 N–H and O–H groups in total. The van der Waals surface area contributed by atoms with E-state index in [-0.39, 0.29) is 12.2 Å². The van der Waals surface area contributed by atoms with Crippen LogP contribution in [0, 0.1) is 22.7 Å². The highest BCUT2D eigenvalue weighted by molar-refractivity contribution is 6.07. The third kappa shape index (κ3) is 3.89. The lowest BCUT2D eigenvalue weighted by atomic mass is 10.1. The second-order valence-corrected chi connectivity index (χ2v) is 6.96. The van der Waals surface area contributed by atoms with Crippen LogP contribution in [0.3, 0.4) is 0 Å². The lowest BCUT2D eigenvalue weighted by Gasteiger charge is -2.15. The lowest BCUT2D eigenvalue weighted by molar-refractivity contribution is 0.0945. The second-order valence-electron chi connectivity index (χ2n) is 6.96. The Morgan fingerprint density at radius 3 is 2.03 bits per heavy atom. The average Bonchev–Trinajstić information content (AvgIpc) is 3.11. The Morgan fingerprint density at radius 1 is 0.900 bits per heavy atom. The summed E-state index contributed by atoms with van der Waals surface area (Å²) in [5.74, 6) is 0.615. The predicted octanol–water partition coefficient (Wildman–Crippen LogP) is 4.66. The third-order valence-electron chi connectivity index (χ3n) is 4.95. The molecule has 0 amide bonds. The molecule has 5 nitrogen and oxygen atoms in total. The summed E-state index contributed by atoms with van der Waals surface area (Å²) < 4.78 is 7.86. The van der Waals surface area contributed by atoms with Gasteiger partial charge in [-0.1, -0.05) is 48.5 Å². The van der Waals surface area contributed by atoms with Gasteiger partial charge >= 0.3 is 0 Å². The Labute approximate surface area is 174 Å². The van der Waals surface area contributed by atoms with Crippen LogP contribution in [-0.2, 0) is 6.54 Å². The van der Waals surface area contributed by atoms with E-state index < -0.39 is 6.10 Å². The maximum Gasteiger partial charge on any atom is 0.130 e. The smallest absolute Gasteiger partial charge is 0.130 e. The number of hydrogen-bond acceptors (Lipinski definition) is 4. The zero-order chi connectivity index (χ0) is 20.9. The number of aliphatic hydroxyl groups excluding tert-OH is 1. The van der Waals surface area contributed by atoms with Gasteiger partial charge in [0.1, 0.15) is 36.2 Å². The average molecular weight is 393 g/mol. The summed E-state index contributed by atoms with van der Waals surface area (Å²) >= 11 is 0. The molecular formula is C25H19N3O2. The second kappa shape index (κ2) is 8.53. The molecule has 0 unspecified atom stereocenters. The van der Waals surface area contributed by atoms with Crippen molar-refractivity contribution in [2.75, 3.05) is 6.61 Å². The van der Waals surface area contributed by atoms with Crippen molar-refractivity contribution >= 4 is 27.9 Å². The molecule has 1 heterocycles. The fourth-order valence-corrected chi connectivity index (χ4v) is 3.57. The maximum atomic E-state index is 10.6. The number of rotatable bonds is 6. The number of allylic oxidation sites excluding steroid dienone is 1. The van der Waals surface area contributed by atoms with Gasteiger partial charge in [0.25, 0.3) is 0 Å². The highest BCUT2D eigenvalue weighted by Crippen LogP contribution is 2.29. The number of aliphatic hydroxyl groups is 1. The van der Waals surface area contributed by atoms with E-state index >= 15 is 0 Å². The van der Waals surface area contributed by atoms with Crippen LogP contribution in [0.5, 0.6) is 5.75 Å². The number of nitrogens with zero attached hydrogens (tertiary/aromatic N) is 3. The Morgan fingerprint density at radius 2 is 1.47 bits per heavy atom. The van der Waals surface area contributed by atoms with Crippen LogP contribution >= 0.6 is 0 Å². The minimum absolute atomic E-state index is 0.0465. The zero-order valence-corrected chi connectivity index (χ0v) is 16.2. The van der Waals surface area contributed by atoms with Gasteiger partial charge in [-0.25, -0.2) is 0 Å². The lowest BCUT2D eigenvalue weighted by Crippen LogP contribution is -2.23. The molecule has 0 spiro atoms. The van der Waals surface area contributed by atoms with Crippen LogP contribution in [0.1, 0.15) is 5.56 Å². The van der Waals surface area contributed by atoms with E-state index in [0.29, 0.717) is 12.3 Å². The van der Waals surface area contributed by atoms with Crippen LogP contribution in [0.25, 0.3) is 27.9 Å². The molecule has 4 rings (SSSR count). The first-order valence-corrected chi connectivity index (χ1v) is 9.58. The Hall–Kier alpha value is -4.06. The molecule has 30 heavy (non-hydrogen) atoms. The number of nitriles is 2. The maximum absolute atomic E-state index is 10.6. The topological polar surface area (TPSA) is 82.0 Å². The van der Waals surface area contributed by atoms with Gasteiger partial charge in [0, 0.05) is 21.8 Å². The molecule has 0 aliphatic heterocycles. The van der Waals surface area contributed by atoms with Crippen molar-refractivity contribution in [1.29, 1.82) is 10.5 Å². The first kappa shape index (κ1) is 19.3. The van der Waals surface area contributed by atoms with Gasteiger partial charge in [-0.2, -0.15) is 10.5 Å². The van der Waals surface area contributed by atoms with Crippen molar-refractivity contribution in [3.8, 4) is 17.9 Å². The van der Waals surface area contributed by atoms with Gasteiger partial charge in [0.05, 0.1) is 6.54 Å². The van der Waals surface area contributed by atoms with Gasteiger partial charge in [-0.15, -0.1) is 0 Å². The summed E-state index contributed by atoms with van der Waals surface area (Å²) in [5.41, 5.74) is 2.95. The number of hydrogen-bond donors (Lipinski definition) is 1. The van der Waals surface area contributed by atoms with Gasteiger partial charge in [-0.05, 0) is 35.9 Å². The first-order chi connectivity index (χ1) is 14.7. The van der Waals surface area contributed by atoms with E-state index in [1.54, 1.807) is 24.3 Å². The van der Waals surface area contributed by atoms with E-state index in [2.05, 4.69) is 28.8 Å². The molecule has 0 radical (unpaired) electrons. The van der Waals surface area contributed by atoms with Gasteiger partial charge in [0.2, 0.25) is 0 Å². The fourth-order valence-electron chi connectivity index (χ4n) is 3.57. The summed E-state index contributed by atoms with van der Waals surface area (Å²) in [6.45, 7) is 0.570. The van der Waals surface area contributed by atoms with Crippen molar-refractivity contribution in [3.63, 3.8) is 0 Å². The van der Waals surface area contributed by atoms with E-state index in [0.717, 1.165) is 16.6 Å². The monoisotopic (exact) mass is 393 g/mol. The quantitative estimate of drug-likeness (QED) is 0.483. The van der Waals surface area contributed by atoms with Crippen molar-refractivity contribution in [2.45, 2.75) is 12.6 Å². The normalized spacial score (nSPS) is 11.6. The van der Waals surface area contributed by atoms with E-state index in [1.807, 2.05) is 36.4 Å². The van der Waals surface area contributed by atoms with Crippen molar-refractivity contribution in [3.05, 3.63) is 83.9 Å². The standard InChI is InChI=1S/C25H19N3O2/c26-14-19(15-27)13-18-9-11-21(12-10-18)30-17-20(29)16-28-24-7-3-1-5-22(24)23-6-2-4-8-25(23)28/h1-13,20,29H,16-17H2/t20-/m1/s1. The zero-order valence-electron chi connectivity index (χ0n) is 16.2. The molecule has 0 saturated carbocycles. The minimum Gasteiger partial charge on any atom is -0.491 e. The number of benzene rings is 3. The summed E-state index contributed by atoms with van der Waals surface area (Å²) in [6.07, 6.45) is 0.827. The third-order valence-corrected chi connectivity index (χ3v) is 4.95. The van der Waals surface area contributed by atoms with E-state index in [9.17, 15) is 5.11 Å². The number of ether oxygens (including phenoxy) is 1. The number of para-hydroxylation sites is 2. The Balaban J connectivity index is 1.47. The highest BCUT2D eigenvalue weighted by atomic mass is 16.5. The number of aromatic nitrogens is 1. The molecule has 1 aromatic heterocycles. The molecule has 0 fully saturated rings. The van der Waals surface area contributed by atoms with Crippen LogP contribution in [-0.4, -0.2) is 22.4 Å². The molecule has 0 aliphatic carbocycles. The Bertz CT molecular complexity index is 1240. The summed E-state index contributed by atoms with van der Waals surface area (Å²) in [5, 5.41) is 30.6. The molecular weight excluding hydrogens is 374 g/mol. The Kier molecular flexibility index (Phi) is 5.48. The van der Waals surface area contributed by atoms with Crippen molar-refractivity contribution in [1.82, 2.24) is 4.57 Å². The van der Waals surface area contributed by atoms with Gasteiger partial charge in [0.15, 0.2) is 0 Å².